The molecule has 326 valence electrons. The van der Waals surface area contributed by atoms with Crippen molar-refractivity contribution in [3.05, 3.63) is 108 Å². The zero-order valence-corrected chi connectivity index (χ0v) is 33.9. The summed E-state index contributed by atoms with van der Waals surface area (Å²) in [5, 5.41) is 0. The van der Waals surface area contributed by atoms with Gasteiger partial charge in [0.05, 0.1) is 37.6 Å². The third-order valence-corrected chi connectivity index (χ3v) is 9.19. The average Bonchev–Trinajstić information content (AvgIpc) is 3.26. The third kappa shape index (κ3) is 17.7. The van der Waals surface area contributed by atoms with Crippen LogP contribution in [-0.4, -0.2) is 50.3 Å². The van der Waals surface area contributed by atoms with E-state index in [0.29, 0.717) is 37.9 Å². The van der Waals surface area contributed by atoms with E-state index >= 15 is 0 Å². The van der Waals surface area contributed by atoms with Crippen LogP contribution in [0.4, 0.5) is 17.6 Å². The van der Waals surface area contributed by atoms with Crippen molar-refractivity contribution in [3.8, 4) is 23.0 Å². The highest BCUT2D eigenvalue weighted by Gasteiger charge is 2.31. The largest absolute Gasteiger partial charge is 0.494 e. The van der Waals surface area contributed by atoms with Gasteiger partial charge in [0.2, 0.25) is 34.8 Å². The highest BCUT2D eigenvalue weighted by atomic mass is 19.2. The predicted octanol–water partition coefficient (Wildman–Crippen LogP) is 11.1. The first kappa shape index (κ1) is 48.7. The summed E-state index contributed by atoms with van der Waals surface area (Å²) >= 11 is 0. The number of unbranched alkanes of at least 4 members (excludes halogenated alkanes) is 14. The number of halogens is 4. The van der Waals surface area contributed by atoms with Gasteiger partial charge in [-0.3, -0.25) is 0 Å². The van der Waals surface area contributed by atoms with Crippen LogP contribution in [0.1, 0.15) is 123 Å². The van der Waals surface area contributed by atoms with Crippen molar-refractivity contribution in [2.75, 3.05) is 26.4 Å². The molecule has 0 radical (unpaired) electrons. The third-order valence-electron chi connectivity index (χ3n) is 9.19. The normalized spacial score (nSPS) is 10.7. The van der Waals surface area contributed by atoms with Gasteiger partial charge in [0.15, 0.2) is 0 Å². The van der Waals surface area contributed by atoms with Crippen molar-refractivity contribution >= 4 is 23.9 Å². The van der Waals surface area contributed by atoms with Crippen LogP contribution in [-0.2, 0) is 19.1 Å². The van der Waals surface area contributed by atoms with E-state index in [1.807, 2.05) is 0 Å². The maximum atomic E-state index is 14.9. The molecule has 0 unspecified atom stereocenters. The molecule has 3 rings (SSSR count). The van der Waals surface area contributed by atoms with Gasteiger partial charge >= 0.3 is 23.9 Å². The van der Waals surface area contributed by atoms with Crippen LogP contribution in [0.3, 0.4) is 0 Å². The second kappa shape index (κ2) is 27.9. The smallest absolute Gasteiger partial charge is 0.343 e. The molecular formula is C46H54F4O10. The molecule has 14 heteroatoms. The van der Waals surface area contributed by atoms with E-state index < -0.39 is 58.6 Å². The SMILES string of the molecule is C=CC(=O)OCCCCCCCCCCOc1ccc(C(=O)Oc2c(F)c(F)c(OC(=O)c3ccc(OCCCCCCCCCCOC(=O)C=C)cc3)c(F)c2F)cc1. The Morgan fingerprint density at radius 2 is 0.683 bits per heavy atom. The first-order chi connectivity index (χ1) is 29.0. The van der Waals surface area contributed by atoms with Crippen molar-refractivity contribution in [3.63, 3.8) is 0 Å². The molecule has 0 aliphatic heterocycles. The van der Waals surface area contributed by atoms with Crippen LogP contribution in [0.5, 0.6) is 23.0 Å². The van der Waals surface area contributed by atoms with E-state index in [0.717, 1.165) is 115 Å². The van der Waals surface area contributed by atoms with E-state index in [1.54, 1.807) is 0 Å². The Hall–Kier alpha value is -5.66. The van der Waals surface area contributed by atoms with Gasteiger partial charge in [0.1, 0.15) is 11.5 Å². The van der Waals surface area contributed by atoms with Crippen LogP contribution in [0.2, 0.25) is 0 Å². The van der Waals surface area contributed by atoms with E-state index in [-0.39, 0.29) is 11.1 Å². The van der Waals surface area contributed by atoms with Gasteiger partial charge in [0.25, 0.3) is 0 Å². The second-order valence-corrected chi connectivity index (χ2v) is 13.8. The quantitative estimate of drug-likeness (QED) is 0.0160. The Balaban J connectivity index is 1.36. The zero-order chi connectivity index (χ0) is 43.5. The van der Waals surface area contributed by atoms with Crippen molar-refractivity contribution in [1.82, 2.24) is 0 Å². The maximum absolute atomic E-state index is 14.9. The summed E-state index contributed by atoms with van der Waals surface area (Å²) in [6.45, 7) is 8.35. The highest BCUT2D eigenvalue weighted by Crippen LogP contribution is 2.35. The summed E-state index contributed by atoms with van der Waals surface area (Å²) in [5.41, 5.74) is -0.344. The van der Waals surface area contributed by atoms with Gasteiger partial charge in [-0.2, -0.15) is 17.6 Å². The predicted molar refractivity (Wildman–Crippen MR) is 216 cm³/mol. The summed E-state index contributed by atoms with van der Waals surface area (Å²) in [4.78, 5) is 47.3. The molecule has 3 aromatic carbocycles. The molecule has 10 nitrogen and oxygen atoms in total. The number of ether oxygens (including phenoxy) is 6. The Bertz CT molecular complexity index is 1670. The average molecular weight is 843 g/mol. The van der Waals surface area contributed by atoms with Gasteiger partial charge in [0, 0.05) is 12.2 Å². The lowest BCUT2D eigenvalue weighted by atomic mass is 10.1. The van der Waals surface area contributed by atoms with E-state index in [9.17, 15) is 36.7 Å². The Labute approximate surface area is 348 Å². The van der Waals surface area contributed by atoms with Crippen molar-refractivity contribution in [1.29, 1.82) is 0 Å². The molecule has 0 fully saturated rings. The lowest BCUT2D eigenvalue weighted by Crippen LogP contribution is -2.16. The molecule has 3 aromatic rings. The number of benzene rings is 3. The zero-order valence-electron chi connectivity index (χ0n) is 33.9. The minimum atomic E-state index is -2.07. The molecule has 0 N–H and O–H groups in total. The molecule has 0 aromatic heterocycles. The van der Waals surface area contributed by atoms with Gasteiger partial charge in [-0.1, -0.05) is 90.2 Å². The molecule has 0 spiro atoms. The van der Waals surface area contributed by atoms with Gasteiger partial charge in [-0.25, -0.2) is 19.2 Å². The fourth-order valence-electron chi connectivity index (χ4n) is 5.82. The maximum Gasteiger partial charge on any atom is 0.343 e. The highest BCUT2D eigenvalue weighted by molar-refractivity contribution is 5.92. The van der Waals surface area contributed by atoms with Crippen molar-refractivity contribution < 1.29 is 65.2 Å². The molecule has 0 saturated carbocycles. The molecule has 0 atom stereocenters. The van der Waals surface area contributed by atoms with Gasteiger partial charge in [-0.05, 0) is 74.2 Å². The van der Waals surface area contributed by atoms with Crippen LogP contribution in [0.25, 0.3) is 0 Å². The number of esters is 4. The lowest BCUT2D eigenvalue weighted by Gasteiger charge is -2.13. The number of hydrogen-bond donors (Lipinski definition) is 0. The topological polar surface area (TPSA) is 124 Å². The molecule has 0 aliphatic rings. The van der Waals surface area contributed by atoms with Crippen LogP contribution in [0, 0.1) is 23.3 Å². The minimum absolute atomic E-state index is 0.172. The summed E-state index contributed by atoms with van der Waals surface area (Å²) in [6.07, 6.45) is 17.9. The van der Waals surface area contributed by atoms with E-state index in [4.69, 9.17) is 28.4 Å². The van der Waals surface area contributed by atoms with Crippen LogP contribution >= 0.6 is 0 Å². The van der Waals surface area contributed by atoms with E-state index in [2.05, 4.69) is 13.2 Å². The Morgan fingerprint density at radius 3 is 0.967 bits per heavy atom. The standard InChI is InChI=1S/C46H54F4O10/c1-3-37(51)57-31-19-15-11-7-5-9-13-17-29-55-35-25-21-33(22-26-35)45(53)59-43-39(47)41(49)44(42(50)40(43)48)60-46(54)34-23-27-36(28-24-34)56-30-18-14-10-6-8-12-16-20-32-58-38(52)4-2/h3-4,21-28H,1-2,5-20,29-32H2. The lowest BCUT2D eigenvalue weighted by molar-refractivity contribution is -0.138. The molecule has 60 heavy (non-hydrogen) atoms. The first-order valence-corrected chi connectivity index (χ1v) is 20.4. The molecule has 0 heterocycles. The molecule has 0 saturated heterocycles. The number of hydrogen-bond acceptors (Lipinski definition) is 10. The van der Waals surface area contributed by atoms with E-state index in [1.165, 1.54) is 48.5 Å². The number of rotatable bonds is 30. The fourth-order valence-corrected chi connectivity index (χ4v) is 5.82. The molecule has 0 bridgehead atoms. The fraction of sp³-hybridized carbons (Fsp3) is 0.435. The second-order valence-electron chi connectivity index (χ2n) is 13.8. The minimum Gasteiger partial charge on any atom is -0.494 e. The van der Waals surface area contributed by atoms with Crippen LogP contribution < -0.4 is 18.9 Å². The van der Waals surface area contributed by atoms with Crippen molar-refractivity contribution in [2.45, 2.75) is 103 Å². The monoisotopic (exact) mass is 842 g/mol. The summed E-state index contributed by atoms with van der Waals surface area (Å²) in [5.74, 6) is -14.1. The first-order valence-electron chi connectivity index (χ1n) is 20.4. The van der Waals surface area contributed by atoms with Crippen molar-refractivity contribution in [2.24, 2.45) is 0 Å². The summed E-state index contributed by atoms with van der Waals surface area (Å²) in [6, 6.07) is 10.9. The summed E-state index contributed by atoms with van der Waals surface area (Å²) in [7, 11) is 0. The molecule has 0 aliphatic carbocycles. The Morgan fingerprint density at radius 1 is 0.417 bits per heavy atom. The van der Waals surface area contributed by atoms with Gasteiger partial charge in [-0.15, -0.1) is 0 Å². The van der Waals surface area contributed by atoms with Crippen LogP contribution in [0.15, 0.2) is 73.8 Å². The van der Waals surface area contributed by atoms with Gasteiger partial charge < -0.3 is 28.4 Å². The summed E-state index contributed by atoms with van der Waals surface area (Å²) < 4.78 is 90.3. The molecule has 0 amide bonds. The molecular weight excluding hydrogens is 788 g/mol. The number of carbonyl (C=O) groups excluding carboxylic acids is 4. The Kier molecular flexibility index (Phi) is 22.7. The number of carbonyl (C=O) groups is 4.